The maximum atomic E-state index is 12.8. The van der Waals surface area contributed by atoms with Gasteiger partial charge in [-0.05, 0) is 38.8 Å². The van der Waals surface area contributed by atoms with Crippen LogP contribution in [0.1, 0.15) is 25.7 Å². The van der Waals surface area contributed by atoms with Gasteiger partial charge in [-0.1, -0.05) is 0 Å². The third-order valence-corrected chi connectivity index (χ3v) is 3.99. The van der Waals surface area contributed by atoms with Gasteiger partial charge in [-0.25, -0.2) is 0 Å². The molecule has 0 atom stereocenters. The van der Waals surface area contributed by atoms with Gasteiger partial charge >= 0.3 is 5.97 Å². The van der Waals surface area contributed by atoms with Crippen LogP contribution in [-0.4, -0.2) is 61.3 Å². The van der Waals surface area contributed by atoms with Gasteiger partial charge in [-0.3, -0.25) is 9.59 Å². The molecule has 0 aromatic carbocycles. The number of hydrogen-bond donors (Lipinski definition) is 2. The standard InChI is InChI=1S/C13H22N2O4/c1-19-9-13(4-6-14-7-5-13)12(18)15(8-11(16)17)10-2-3-10/h10,14H,2-9H2,1H3,(H,16,17). The fourth-order valence-electron chi connectivity index (χ4n) is 2.80. The average Bonchev–Trinajstić information content (AvgIpc) is 3.20. The van der Waals surface area contributed by atoms with Crippen LogP contribution in [0.15, 0.2) is 0 Å². The molecule has 0 aromatic heterocycles. The Balaban J connectivity index is 2.13. The molecule has 1 saturated carbocycles. The molecule has 2 N–H and O–H groups in total. The van der Waals surface area contributed by atoms with Crippen molar-refractivity contribution in [3.63, 3.8) is 0 Å². The summed E-state index contributed by atoms with van der Waals surface area (Å²) >= 11 is 0. The van der Waals surface area contributed by atoms with Crippen molar-refractivity contribution in [3.05, 3.63) is 0 Å². The highest BCUT2D eigenvalue weighted by Gasteiger charge is 2.46. The number of carbonyl (C=O) groups excluding carboxylic acids is 1. The van der Waals surface area contributed by atoms with Crippen molar-refractivity contribution >= 4 is 11.9 Å². The number of methoxy groups -OCH3 is 1. The number of carbonyl (C=O) groups is 2. The Kier molecular flexibility index (Phi) is 4.42. The molecule has 0 radical (unpaired) electrons. The maximum Gasteiger partial charge on any atom is 0.323 e. The first-order valence-corrected chi connectivity index (χ1v) is 6.81. The number of piperidine rings is 1. The van der Waals surface area contributed by atoms with Gasteiger partial charge in [-0.2, -0.15) is 0 Å². The number of ether oxygens (including phenoxy) is 1. The minimum Gasteiger partial charge on any atom is -0.480 e. The lowest BCUT2D eigenvalue weighted by Crippen LogP contribution is -2.53. The summed E-state index contributed by atoms with van der Waals surface area (Å²) in [5, 5.41) is 12.2. The molecule has 2 aliphatic rings. The van der Waals surface area contributed by atoms with Gasteiger partial charge in [0.15, 0.2) is 0 Å². The summed E-state index contributed by atoms with van der Waals surface area (Å²) in [7, 11) is 1.59. The highest BCUT2D eigenvalue weighted by atomic mass is 16.5. The smallest absolute Gasteiger partial charge is 0.323 e. The van der Waals surface area contributed by atoms with Crippen LogP contribution < -0.4 is 5.32 Å². The molecule has 2 fully saturated rings. The van der Waals surface area contributed by atoms with Crippen LogP contribution >= 0.6 is 0 Å². The molecule has 6 heteroatoms. The molecule has 0 aromatic rings. The zero-order valence-corrected chi connectivity index (χ0v) is 11.4. The van der Waals surface area contributed by atoms with E-state index in [1.165, 1.54) is 0 Å². The summed E-state index contributed by atoms with van der Waals surface area (Å²) in [5.41, 5.74) is -0.544. The van der Waals surface area contributed by atoms with E-state index >= 15 is 0 Å². The molecule has 0 spiro atoms. The van der Waals surface area contributed by atoms with Crippen molar-refractivity contribution in [1.29, 1.82) is 0 Å². The van der Waals surface area contributed by atoms with E-state index in [2.05, 4.69) is 5.32 Å². The molecule has 6 nitrogen and oxygen atoms in total. The highest BCUT2D eigenvalue weighted by Crippen LogP contribution is 2.36. The zero-order chi connectivity index (χ0) is 13.9. The van der Waals surface area contributed by atoms with Gasteiger partial charge in [-0.15, -0.1) is 0 Å². The monoisotopic (exact) mass is 270 g/mol. The summed E-state index contributed by atoms with van der Waals surface area (Å²) in [6.45, 7) is 1.74. The van der Waals surface area contributed by atoms with Gasteiger partial charge in [0.1, 0.15) is 6.54 Å². The number of carboxylic acid groups (broad SMARTS) is 1. The number of carboxylic acids is 1. The second-order valence-corrected chi connectivity index (χ2v) is 5.52. The van der Waals surface area contributed by atoms with Gasteiger partial charge in [0, 0.05) is 13.2 Å². The van der Waals surface area contributed by atoms with Crippen LogP contribution in [0.5, 0.6) is 0 Å². The topological polar surface area (TPSA) is 78.9 Å². The molecule has 1 amide bonds. The molecular weight excluding hydrogens is 248 g/mol. The molecule has 1 aliphatic heterocycles. The Morgan fingerprint density at radius 1 is 1.37 bits per heavy atom. The lowest BCUT2D eigenvalue weighted by atomic mass is 9.78. The Morgan fingerprint density at radius 3 is 2.47 bits per heavy atom. The Bertz CT molecular complexity index is 343. The molecule has 1 aliphatic carbocycles. The SMILES string of the molecule is COCC1(C(=O)N(CC(=O)O)C2CC2)CCNCC1. The predicted molar refractivity (Wildman–Crippen MR) is 68.8 cm³/mol. The molecule has 2 rings (SSSR count). The van der Waals surface area contributed by atoms with E-state index in [0.717, 1.165) is 25.9 Å². The second-order valence-electron chi connectivity index (χ2n) is 5.52. The maximum absolute atomic E-state index is 12.8. The van der Waals surface area contributed by atoms with Crippen molar-refractivity contribution in [1.82, 2.24) is 10.2 Å². The third kappa shape index (κ3) is 3.25. The lowest BCUT2D eigenvalue weighted by Gasteiger charge is -2.39. The van der Waals surface area contributed by atoms with Crippen LogP contribution in [0, 0.1) is 5.41 Å². The second kappa shape index (κ2) is 5.88. The zero-order valence-electron chi connectivity index (χ0n) is 11.4. The molecule has 0 unspecified atom stereocenters. The van der Waals surface area contributed by atoms with E-state index in [9.17, 15) is 9.59 Å². The largest absolute Gasteiger partial charge is 0.480 e. The Morgan fingerprint density at radius 2 is 2.00 bits per heavy atom. The quantitative estimate of drug-likeness (QED) is 0.714. The van der Waals surface area contributed by atoms with Gasteiger partial charge in [0.2, 0.25) is 5.91 Å². The van der Waals surface area contributed by atoms with Crippen molar-refractivity contribution in [2.75, 3.05) is 33.4 Å². The minimum absolute atomic E-state index is 0.0410. The summed E-state index contributed by atoms with van der Waals surface area (Å²) in [5.74, 6) is -0.984. The molecule has 19 heavy (non-hydrogen) atoms. The van der Waals surface area contributed by atoms with E-state index < -0.39 is 11.4 Å². The molecule has 1 saturated heterocycles. The number of amides is 1. The number of hydrogen-bond acceptors (Lipinski definition) is 4. The molecular formula is C13H22N2O4. The summed E-state index contributed by atoms with van der Waals surface area (Å²) < 4.78 is 5.24. The fraction of sp³-hybridized carbons (Fsp3) is 0.846. The highest BCUT2D eigenvalue weighted by molar-refractivity contribution is 5.87. The summed E-state index contributed by atoms with van der Waals surface area (Å²) in [4.78, 5) is 25.3. The van der Waals surface area contributed by atoms with Gasteiger partial charge in [0.05, 0.1) is 12.0 Å². The van der Waals surface area contributed by atoms with Crippen LogP contribution in [-0.2, 0) is 14.3 Å². The predicted octanol–water partition coefficient (Wildman–Crippen LogP) is 0.0782. The van der Waals surface area contributed by atoms with E-state index in [0.29, 0.717) is 19.4 Å². The number of rotatable bonds is 6. The first-order valence-electron chi connectivity index (χ1n) is 6.81. The number of nitrogens with zero attached hydrogens (tertiary/aromatic N) is 1. The van der Waals surface area contributed by atoms with Crippen LogP contribution in [0.4, 0.5) is 0 Å². The van der Waals surface area contributed by atoms with Crippen molar-refractivity contribution < 1.29 is 19.4 Å². The van der Waals surface area contributed by atoms with E-state index in [1.54, 1.807) is 12.0 Å². The van der Waals surface area contributed by atoms with Crippen LogP contribution in [0.25, 0.3) is 0 Å². The number of nitrogens with one attached hydrogen (secondary N) is 1. The normalized spacial score (nSPS) is 21.9. The van der Waals surface area contributed by atoms with Gasteiger partial charge in [0.25, 0.3) is 0 Å². The van der Waals surface area contributed by atoms with Crippen LogP contribution in [0.2, 0.25) is 0 Å². The first kappa shape index (κ1) is 14.3. The van der Waals surface area contributed by atoms with Crippen molar-refractivity contribution in [2.45, 2.75) is 31.7 Å². The van der Waals surface area contributed by atoms with Crippen LogP contribution in [0.3, 0.4) is 0 Å². The molecule has 0 bridgehead atoms. The first-order chi connectivity index (χ1) is 9.09. The molecule has 108 valence electrons. The van der Waals surface area contributed by atoms with Gasteiger partial charge < -0.3 is 20.1 Å². The van der Waals surface area contributed by atoms with E-state index in [4.69, 9.17) is 9.84 Å². The molecule has 1 heterocycles. The average molecular weight is 270 g/mol. The number of aliphatic carboxylic acids is 1. The van der Waals surface area contributed by atoms with E-state index in [1.807, 2.05) is 0 Å². The Hall–Kier alpha value is -1.14. The summed E-state index contributed by atoms with van der Waals surface area (Å²) in [6.07, 6.45) is 3.26. The lowest BCUT2D eigenvalue weighted by molar-refractivity contribution is -0.154. The fourth-order valence-corrected chi connectivity index (χ4v) is 2.80. The summed E-state index contributed by atoms with van der Waals surface area (Å²) in [6, 6.07) is 0.118. The third-order valence-electron chi connectivity index (χ3n) is 3.99. The minimum atomic E-state index is -0.943. The van der Waals surface area contributed by atoms with Crippen molar-refractivity contribution in [2.24, 2.45) is 5.41 Å². The Labute approximate surface area is 113 Å². The van der Waals surface area contributed by atoms with Crippen molar-refractivity contribution in [3.8, 4) is 0 Å². The van der Waals surface area contributed by atoms with E-state index in [-0.39, 0.29) is 18.5 Å².